The van der Waals surface area contributed by atoms with E-state index in [2.05, 4.69) is 10.3 Å². The van der Waals surface area contributed by atoms with Crippen molar-refractivity contribution >= 4 is 51.6 Å². The molecular formula is C24H13Cl2N3O5. The first kappa shape index (κ1) is 21.7. The predicted octanol–water partition coefficient (Wildman–Crippen LogP) is 7.22. The van der Waals surface area contributed by atoms with Crippen LogP contribution in [-0.2, 0) is 0 Å². The van der Waals surface area contributed by atoms with E-state index in [1.54, 1.807) is 54.6 Å². The summed E-state index contributed by atoms with van der Waals surface area (Å²) in [5.41, 5.74) is 2.47. The van der Waals surface area contributed by atoms with Crippen LogP contribution < -0.4 is 5.32 Å². The second kappa shape index (κ2) is 8.66. The van der Waals surface area contributed by atoms with Crippen molar-refractivity contribution < 1.29 is 18.6 Å². The predicted molar refractivity (Wildman–Crippen MR) is 128 cm³/mol. The van der Waals surface area contributed by atoms with E-state index in [0.29, 0.717) is 49.6 Å². The summed E-state index contributed by atoms with van der Waals surface area (Å²) in [7, 11) is 0. The highest BCUT2D eigenvalue weighted by atomic mass is 35.5. The van der Waals surface area contributed by atoms with Gasteiger partial charge in [0, 0.05) is 23.4 Å². The molecule has 34 heavy (non-hydrogen) atoms. The topological polar surface area (TPSA) is 111 Å². The summed E-state index contributed by atoms with van der Waals surface area (Å²) in [6, 6.07) is 19.2. The molecule has 0 spiro atoms. The number of benzene rings is 3. The van der Waals surface area contributed by atoms with Gasteiger partial charge in [0.05, 0.1) is 20.5 Å². The summed E-state index contributed by atoms with van der Waals surface area (Å²) in [6.07, 6.45) is 0. The summed E-state index contributed by atoms with van der Waals surface area (Å²) in [5.74, 6) is 0.202. The van der Waals surface area contributed by atoms with E-state index in [1.807, 2.05) is 0 Å². The normalized spacial score (nSPS) is 11.0. The zero-order valence-electron chi connectivity index (χ0n) is 17.1. The number of amides is 1. The van der Waals surface area contributed by atoms with Crippen molar-refractivity contribution in [2.45, 2.75) is 0 Å². The van der Waals surface area contributed by atoms with Gasteiger partial charge in [-0.05, 0) is 42.5 Å². The van der Waals surface area contributed by atoms with Crippen LogP contribution in [0.5, 0.6) is 0 Å². The van der Waals surface area contributed by atoms with Gasteiger partial charge in [-0.3, -0.25) is 14.9 Å². The van der Waals surface area contributed by atoms with E-state index in [1.165, 1.54) is 18.2 Å². The average molecular weight is 494 g/mol. The second-order valence-electron chi connectivity index (χ2n) is 7.23. The fourth-order valence-corrected chi connectivity index (χ4v) is 3.75. The molecule has 0 unspecified atom stereocenters. The molecule has 3 aromatic carbocycles. The molecule has 168 valence electrons. The van der Waals surface area contributed by atoms with Crippen molar-refractivity contribution in [1.82, 2.24) is 4.98 Å². The van der Waals surface area contributed by atoms with Crippen LogP contribution in [0, 0.1) is 10.1 Å². The molecule has 0 aliphatic rings. The Kier molecular flexibility index (Phi) is 5.53. The first-order valence-electron chi connectivity index (χ1n) is 9.90. The number of halogens is 2. The molecule has 2 heterocycles. The zero-order valence-corrected chi connectivity index (χ0v) is 18.6. The summed E-state index contributed by atoms with van der Waals surface area (Å²) in [6.45, 7) is 0. The van der Waals surface area contributed by atoms with Gasteiger partial charge in [0.25, 0.3) is 11.6 Å². The number of carbonyl (C=O) groups excluding carboxylic acids is 1. The van der Waals surface area contributed by atoms with Gasteiger partial charge in [-0.25, -0.2) is 4.98 Å². The lowest BCUT2D eigenvalue weighted by atomic mass is 10.1. The van der Waals surface area contributed by atoms with Crippen LogP contribution in [0.25, 0.3) is 33.9 Å². The number of aromatic nitrogens is 1. The monoisotopic (exact) mass is 493 g/mol. The number of nitrogens with zero attached hydrogens (tertiary/aromatic N) is 2. The van der Waals surface area contributed by atoms with Crippen molar-refractivity contribution in [1.29, 1.82) is 0 Å². The van der Waals surface area contributed by atoms with Crippen molar-refractivity contribution in [3.63, 3.8) is 0 Å². The minimum absolute atomic E-state index is 0.0492. The van der Waals surface area contributed by atoms with Crippen molar-refractivity contribution in [2.75, 3.05) is 5.32 Å². The Morgan fingerprint density at radius 1 is 0.971 bits per heavy atom. The minimum atomic E-state index is -0.494. The van der Waals surface area contributed by atoms with E-state index in [4.69, 9.17) is 32.0 Å². The molecule has 1 N–H and O–H groups in total. The summed E-state index contributed by atoms with van der Waals surface area (Å²) < 4.78 is 11.4. The van der Waals surface area contributed by atoms with Gasteiger partial charge >= 0.3 is 0 Å². The van der Waals surface area contributed by atoms with E-state index < -0.39 is 10.8 Å². The Balaban J connectivity index is 1.37. The Labute approximate surface area is 201 Å². The molecular weight excluding hydrogens is 481 g/mol. The lowest BCUT2D eigenvalue weighted by Crippen LogP contribution is -2.10. The van der Waals surface area contributed by atoms with Gasteiger partial charge < -0.3 is 14.2 Å². The lowest BCUT2D eigenvalue weighted by Gasteiger charge is -2.02. The fourth-order valence-electron chi connectivity index (χ4n) is 3.37. The number of furan rings is 1. The van der Waals surface area contributed by atoms with Gasteiger partial charge in [0.2, 0.25) is 5.89 Å². The standard InChI is InChI=1S/C24H13Cl2N3O5/c25-17-6-2-5-16(22(17)26)24-28-18-12-14(7-8-20(18)34-24)27-23(30)21-10-9-19(33-21)13-3-1-4-15(11-13)29(31)32/h1-12H,(H,27,30). The SMILES string of the molecule is O=C(Nc1ccc2oc(-c3cccc(Cl)c3Cl)nc2c1)c1ccc(-c2cccc([N+](=O)[O-])c2)o1. The molecule has 10 heteroatoms. The van der Waals surface area contributed by atoms with Crippen LogP contribution in [0.4, 0.5) is 11.4 Å². The molecule has 0 fully saturated rings. The molecule has 0 bridgehead atoms. The van der Waals surface area contributed by atoms with Gasteiger partial charge in [-0.1, -0.05) is 41.4 Å². The maximum absolute atomic E-state index is 12.7. The number of fused-ring (bicyclic) bond motifs is 1. The Morgan fingerprint density at radius 2 is 1.79 bits per heavy atom. The van der Waals surface area contributed by atoms with E-state index in [0.717, 1.165) is 0 Å². The zero-order chi connectivity index (χ0) is 23.8. The maximum atomic E-state index is 12.7. The summed E-state index contributed by atoms with van der Waals surface area (Å²) in [4.78, 5) is 27.6. The highest BCUT2D eigenvalue weighted by Crippen LogP contribution is 2.35. The molecule has 5 rings (SSSR count). The fraction of sp³-hybridized carbons (Fsp3) is 0. The summed E-state index contributed by atoms with van der Waals surface area (Å²) in [5, 5.41) is 14.5. The maximum Gasteiger partial charge on any atom is 0.291 e. The van der Waals surface area contributed by atoms with E-state index in [9.17, 15) is 14.9 Å². The highest BCUT2D eigenvalue weighted by Gasteiger charge is 2.17. The second-order valence-corrected chi connectivity index (χ2v) is 8.01. The number of nitro benzene ring substituents is 1. The molecule has 8 nitrogen and oxygen atoms in total. The number of hydrogen-bond donors (Lipinski definition) is 1. The minimum Gasteiger partial charge on any atom is -0.451 e. The number of nitrogens with one attached hydrogen (secondary N) is 1. The molecule has 0 saturated heterocycles. The van der Waals surface area contributed by atoms with Crippen LogP contribution in [0.2, 0.25) is 10.0 Å². The highest BCUT2D eigenvalue weighted by molar-refractivity contribution is 6.43. The van der Waals surface area contributed by atoms with Crippen LogP contribution in [0.15, 0.2) is 81.6 Å². The van der Waals surface area contributed by atoms with Crippen molar-refractivity contribution in [3.05, 3.63) is 98.7 Å². The number of oxazole rings is 1. The Morgan fingerprint density at radius 3 is 2.62 bits per heavy atom. The van der Waals surface area contributed by atoms with Gasteiger partial charge in [0.15, 0.2) is 11.3 Å². The van der Waals surface area contributed by atoms with Crippen LogP contribution in [-0.4, -0.2) is 15.8 Å². The number of carbonyl (C=O) groups is 1. The summed E-state index contributed by atoms with van der Waals surface area (Å²) >= 11 is 12.3. The molecule has 5 aromatic rings. The number of nitro groups is 1. The van der Waals surface area contributed by atoms with Crippen LogP contribution >= 0.6 is 23.2 Å². The van der Waals surface area contributed by atoms with Crippen LogP contribution in [0.1, 0.15) is 10.6 Å². The quantitative estimate of drug-likeness (QED) is 0.204. The number of rotatable bonds is 5. The first-order valence-corrected chi connectivity index (χ1v) is 10.7. The smallest absolute Gasteiger partial charge is 0.291 e. The number of anilines is 1. The third-order valence-corrected chi connectivity index (χ3v) is 5.82. The Hall–Kier alpha value is -4.14. The van der Waals surface area contributed by atoms with Gasteiger partial charge in [-0.2, -0.15) is 0 Å². The molecule has 0 saturated carbocycles. The van der Waals surface area contributed by atoms with Gasteiger partial charge in [-0.15, -0.1) is 0 Å². The third kappa shape index (κ3) is 4.12. The Bertz CT molecular complexity index is 1570. The van der Waals surface area contributed by atoms with Gasteiger partial charge in [0.1, 0.15) is 11.3 Å². The number of non-ortho nitro benzene ring substituents is 1. The molecule has 0 atom stereocenters. The molecule has 2 aromatic heterocycles. The molecule has 1 amide bonds. The van der Waals surface area contributed by atoms with E-state index >= 15 is 0 Å². The van der Waals surface area contributed by atoms with E-state index in [-0.39, 0.29) is 11.4 Å². The third-order valence-electron chi connectivity index (χ3n) is 5.00. The molecule has 0 radical (unpaired) electrons. The van der Waals surface area contributed by atoms with Crippen molar-refractivity contribution in [2.24, 2.45) is 0 Å². The van der Waals surface area contributed by atoms with Crippen molar-refractivity contribution in [3.8, 4) is 22.8 Å². The average Bonchev–Trinajstić information content (AvgIpc) is 3.48. The number of hydrogen-bond acceptors (Lipinski definition) is 6. The first-order chi connectivity index (χ1) is 16.4. The lowest BCUT2D eigenvalue weighted by molar-refractivity contribution is -0.384. The largest absolute Gasteiger partial charge is 0.451 e. The molecule has 0 aliphatic carbocycles. The van der Waals surface area contributed by atoms with Crippen LogP contribution in [0.3, 0.4) is 0 Å². The molecule has 0 aliphatic heterocycles.